The molecule has 0 saturated carbocycles. The number of carbonyl (C=O) groups is 3. The lowest BCUT2D eigenvalue weighted by molar-refractivity contribution is -0.123. The largest absolute Gasteiger partial charge is 0.497 e. The summed E-state index contributed by atoms with van der Waals surface area (Å²) in [6, 6.07) is 11.8. The van der Waals surface area contributed by atoms with Gasteiger partial charge in [0.05, 0.1) is 37.4 Å². The van der Waals surface area contributed by atoms with Crippen LogP contribution in [0.5, 0.6) is 5.75 Å². The number of fused-ring (bicyclic) bond motifs is 3. The van der Waals surface area contributed by atoms with Gasteiger partial charge in [0.25, 0.3) is 5.91 Å². The number of imide groups is 1. The number of benzene rings is 2. The third-order valence-corrected chi connectivity index (χ3v) is 6.41. The van der Waals surface area contributed by atoms with Gasteiger partial charge >= 0.3 is 5.97 Å². The molecule has 2 aromatic carbocycles. The van der Waals surface area contributed by atoms with Crippen molar-refractivity contribution in [2.45, 2.75) is 32.4 Å². The maximum atomic E-state index is 13.2. The van der Waals surface area contributed by atoms with Gasteiger partial charge in [0, 0.05) is 29.7 Å². The molecule has 8 nitrogen and oxygen atoms in total. The Bertz CT molecular complexity index is 1250. The first kappa shape index (κ1) is 21.2. The van der Waals surface area contributed by atoms with Crippen LogP contribution < -0.4 is 9.64 Å². The standard InChI is InChI=1S/C25H25N3O5/c1-3-33-25(31)15-4-6-16(7-5-15)28-23(29)13-22(24(28)30)27-11-10-18-19-12-17(32-2)8-9-20(19)26-21(18)14-27/h4-9,12,22,26H,3,10-11,13-14H2,1-2H3/t22-/m1/s1. The summed E-state index contributed by atoms with van der Waals surface area (Å²) in [6.07, 6.45) is 0.927. The molecule has 1 atom stereocenters. The molecule has 1 N–H and O–H groups in total. The summed E-state index contributed by atoms with van der Waals surface area (Å²) < 4.78 is 10.4. The van der Waals surface area contributed by atoms with Gasteiger partial charge in [0.2, 0.25) is 5.91 Å². The number of ether oxygens (including phenoxy) is 2. The monoisotopic (exact) mass is 447 g/mol. The zero-order chi connectivity index (χ0) is 23.1. The summed E-state index contributed by atoms with van der Waals surface area (Å²) in [4.78, 5) is 44.7. The van der Waals surface area contributed by atoms with Crippen molar-refractivity contribution in [3.05, 3.63) is 59.3 Å². The number of methoxy groups -OCH3 is 1. The van der Waals surface area contributed by atoms with Gasteiger partial charge in [-0.15, -0.1) is 0 Å². The quantitative estimate of drug-likeness (QED) is 0.478. The average molecular weight is 447 g/mol. The molecule has 1 saturated heterocycles. The highest BCUT2D eigenvalue weighted by Gasteiger charge is 2.43. The number of esters is 1. The number of H-pyrrole nitrogens is 1. The minimum Gasteiger partial charge on any atom is -0.497 e. The van der Waals surface area contributed by atoms with E-state index in [1.54, 1.807) is 38.3 Å². The van der Waals surface area contributed by atoms with Gasteiger partial charge in [-0.05, 0) is 61.4 Å². The molecule has 8 heteroatoms. The molecule has 1 fully saturated rings. The highest BCUT2D eigenvalue weighted by molar-refractivity contribution is 6.22. The number of aromatic nitrogens is 1. The van der Waals surface area contributed by atoms with E-state index < -0.39 is 12.0 Å². The minimum atomic E-state index is -0.503. The van der Waals surface area contributed by atoms with Gasteiger partial charge in [-0.25, -0.2) is 9.69 Å². The summed E-state index contributed by atoms with van der Waals surface area (Å²) >= 11 is 0. The summed E-state index contributed by atoms with van der Waals surface area (Å²) in [5, 5.41) is 1.14. The van der Waals surface area contributed by atoms with Crippen molar-refractivity contribution in [1.29, 1.82) is 0 Å². The van der Waals surface area contributed by atoms with Crippen molar-refractivity contribution in [1.82, 2.24) is 9.88 Å². The fourth-order valence-corrected chi connectivity index (χ4v) is 4.77. The van der Waals surface area contributed by atoms with E-state index in [1.165, 1.54) is 10.5 Å². The molecule has 2 amide bonds. The average Bonchev–Trinajstić information content (AvgIpc) is 3.34. The van der Waals surface area contributed by atoms with E-state index in [2.05, 4.69) is 9.88 Å². The lowest BCUT2D eigenvalue weighted by Crippen LogP contribution is -2.44. The number of anilines is 1. The Morgan fingerprint density at radius 1 is 1.15 bits per heavy atom. The molecule has 170 valence electrons. The summed E-state index contributed by atoms with van der Waals surface area (Å²) in [5.41, 5.74) is 4.20. The fraction of sp³-hybridized carbons (Fsp3) is 0.320. The molecule has 0 radical (unpaired) electrons. The predicted octanol–water partition coefficient (Wildman–Crippen LogP) is 3.04. The van der Waals surface area contributed by atoms with Gasteiger partial charge in [0.15, 0.2) is 0 Å². The number of amides is 2. The van der Waals surface area contributed by atoms with Crippen LogP contribution in [0, 0.1) is 0 Å². The lowest BCUT2D eigenvalue weighted by atomic mass is 10.0. The van der Waals surface area contributed by atoms with Gasteiger partial charge in [0.1, 0.15) is 5.75 Å². The number of hydrogen-bond donors (Lipinski definition) is 1. The van der Waals surface area contributed by atoms with E-state index in [0.29, 0.717) is 24.3 Å². The number of carbonyl (C=O) groups excluding carboxylic acids is 3. The first-order valence-electron chi connectivity index (χ1n) is 11.1. The molecule has 0 bridgehead atoms. The van der Waals surface area contributed by atoms with Crippen LogP contribution in [0.3, 0.4) is 0 Å². The van der Waals surface area contributed by atoms with Gasteiger partial charge in [-0.2, -0.15) is 0 Å². The first-order valence-corrected chi connectivity index (χ1v) is 11.1. The summed E-state index contributed by atoms with van der Waals surface area (Å²) in [6.45, 7) is 3.29. The molecule has 0 aliphatic carbocycles. The van der Waals surface area contributed by atoms with Gasteiger partial charge in [-0.1, -0.05) is 0 Å². The summed E-state index contributed by atoms with van der Waals surface area (Å²) in [5.74, 6) is -0.0832. The maximum absolute atomic E-state index is 13.2. The zero-order valence-electron chi connectivity index (χ0n) is 18.6. The van der Waals surface area contributed by atoms with Crippen molar-refractivity contribution in [3.8, 4) is 5.75 Å². The number of hydrogen-bond acceptors (Lipinski definition) is 6. The smallest absolute Gasteiger partial charge is 0.338 e. The number of rotatable bonds is 5. The van der Waals surface area contributed by atoms with Crippen molar-refractivity contribution in [2.75, 3.05) is 25.2 Å². The first-order chi connectivity index (χ1) is 16.0. The highest BCUT2D eigenvalue weighted by Crippen LogP contribution is 2.33. The SMILES string of the molecule is CCOC(=O)c1ccc(N2C(=O)C[C@@H](N3CCc4c([nH]c5ccc(OC)cc45)C3)C2=O)cc1. The molecular weight excluding hydrogens is 422 g/mol. The van der Waals surface area contributed by atoms with Gasteiger partial charge in [-0.3, -0.25) is 14.5 Å². The van der Waals surface area contributed by atoms with Crippen LogP contribution in [-0.4, -0.2) is 54.0 Å². The molecular formula is C25H25N3O5. The molecule has 5 rings (SSSR count). The normalized spacial score (nSPS) is 18.6. The second-order valence-corrected chi connectivity index (χ2v) is 8.27. The van der Waals surface area contributed by atoms with E-state index in [1.807, 2.05) is 18.2 Å². The third-order valence-electron chi connectivity index (χ3n) is 6.41. The van der Waals surface area contributed by atoms with Crippen LogP contribution in [0.2, 0.25) is 0 Å². The number of aromatic amines is 1. The second kappa shape index (κ2) is 8.37. The van der Waals surface area contributed by atoms with Gasteiger partial charge < -0.3 is 14.5 Å². The Kier molecular flexibility index (Phi) is 5.38. The van der Waals surface area contributed by atoms with Crippen LogP contribution >= 0.6 is 0 Å². The molecule has 0 spiro atoms. The molecule has 0 unspecified atom stereocenters. The molecule has 2 aliphatic rings. The Morgan fingerprint density at radius 2 is 1.94 bits per heavy atom. The van der Waals surface area contributed by atoms with Crippen molar-refractivity contribution in [3.63, 3.8) is 0 Å². The summed E-state index contributed by atoms with van der Waals surface area (Å²) in [7, 11) is 1.65. The topological polar surface area (TPSA) is 91.9 Å². The third kappa shape index (κ3) is 3.66. The number of nitrogens with zero attached hydrogens (tertiary/aromatic N) is 2. The van der Waals surface area contributed by atoms with Crippen molar-refractivity contribution in [2.24, 2.45) is 0 Å². The van der Waals surface area contributed by atoms with E-state index in [4.69, 9.17) is 9.47 Å². The molecule has 2 aliphatic heterocycles. The second-order valence-electron chi connectivity index (χ2n) is 8.27. The van der Waals surface area contributed by atoms with Crippen LogP contribution in [-0.2, 0) is 27.3 Å². The van der Waals surface area contributed by atoms with Crippen LogP contribution in [0.1, 0.15) is 35.0 Å². The zero-order valence-corrected chi connectivity index (χ0v) is 18.6. The molecule has 1 aromatic heterocycles. The molecule has 3 heterocycles. The Hall–Kier alpha value is -3.65. The van der Waals surface area contributed by atoms with E-state index in [0.717, 1.165) is 28.8 Å². The Labute approximate surface area is 191 Å². The number of nitrogens with one attached hydrogen (secondary N) is 1. The molecule has 3 aromatic rings. The van der Waals surface area contributed by atoms with E-state index in [9.17, 15) is 14.4 Å². The fourth-order valence-electron chi connectivity index (χ4n) is 4.77. The predicted molar refractivity (Wildman–Crippen MR) is 122 cm³/mol. The minimum absolute atomic E-state index is 0.141. The van der Waals surface area contributed by atoms with E-state index >= 15 is 0 Å². The van der Waals surface area contributed by atoms with Crippen molar-refractivity contribution < 1.29 is 23.9 Å². The van der Waals surface area contributed by atoms with Crippen LogP contribution in [0.15, 0.2) is 42.5 Å². The van der Waals surface area contributed by atoms with Crippen LogP contribution in [0.25, 0.3) is 10.9 Å². The Morgan fingerprint density at radius 3 is 2.67 bits per heavy atom. The highest BCUT2D eigenvalue weighted by atomic mass is 16.5. The van der Waals surface area contributed by atoms with E-state index in [-0.39, 0.29) is 24.8 Å². The van der Waals surface area contributed by atoms with Crippen molar-refractivity contribution >= 4 is 34.4 Å². The lowest BCUT2D eigenvalue weighted by Gasteiger charge is -2.30. The maximum Gasteiger partial charge on any atom is 0.338 e. The van der Waals surface area contributed by atoms with Crippen LogP contribution in [0.4, 0.5) is 5.69 Å². The molecule has 33 heavy (non-hydrogen) atoms. The Balaban J connectivity index is 1.35.